The quantitative estimate of drug-likeness (QED) is 0.256. The fourth-order valence-electron chi connectivity index (χ4n) is 0.785. The molecule has 1 unspecified atom stereocenters. The maximum Gasteiger partial charge on any atom is 0.264 e. The smallest absolute Gasteiger partial charge is 0.264 e. The number of halogens is 1. The van der Waals surface area contributed by atoms with E-state index in [0.29, 0.717) is 5.01 Å². The molecule has 0 radical (unpaired) electrons. The molecule has 0 aliphatic carbocycles. The van der Waals surface area contributed by atoms with Gasteiger partial charge in [-0.1, -0.05) is 11.6 Å². The van der Waals surface area contributed by atoms with Gasteiger partial charge >= 0.3 is 0 Å². The molecule has 1 amide bonds. The van der Waals surface area contributed by atoms with Gasteiger partial charge in [0.25, 0.3) is 11.9 Å². The summed E-state index contributed by atoms with van der Waals surface area (Å²) in [5.74, 6) is -1.03. The van der Waals surface area contributed by atoms with E-state index in [4.69, 9.17) is 17.3 Å². The predicted molar refractivity (Wildman–Crippen MR) is 39.7 cm³/mol. The van der Waals surface area contributed by atoms with Crippen molar-refractivity contribution in [2.24, 2.45) is 10.7 Å². The SMILES string of the molecule is NC1=NC(=O)CC(Cl)N1[N+](=O)[O-]. The van der Waals surface area contributed by atoms with Crippen molar-refractivity contribution >= 4 is 23.5 Å². The van der Waals surface area contributed by atoms with Crippen molar-refractivity contribution in [1.29, 1.82) is 0 Å². The van der Waals surface area contributed by atoms with Gasteiger partial charge in [-0.15, -0.1) is 0 Å². The molecule has 0 aromatic rings. The predicted octanol–water partition coefficient (Wildman–Crippen LogP) is -0.710. The number of aliphatic imine (C=N–C) groups is 1. The molecule has 0 fully saturated rings. The first-order valence-electron chi connectivity index (χ1n) is 2.97. The molecule has 2 N–H and O–H groups in total. The van der Waals surface area contributed by atoms with Gasteiger partial charge in [0.15, 0.2) is 10.5 Å². The number of rotatable bonds is 1. The van der Waals surface area contributed by atoms with Crippen LogP contribution in [0.2, 0.25) is 0 Å². The molecule has 1 atom stereocenters. The van der Waals surface area contributed by atoms with Gasteiger partial charge in [-0.05, 0) is 5.01 Å². The molecule has 0 aromatic carbocycles. The summed E-state index contributed by atoms with van der Waals surface area (Å²) in [4.78, 5) is 24.1. The van der Waals surface area contributed by atoms with Gasteiger partial charge in [-0.3, -0.25) is 4.79 Å². The Bertz CT molecular complexity index is 265. The maximum atomic E-state index is 10.7. The third kappa shape index (κ3) is 1.45. The highest BCUT2D eigenvalue weighted by molar-refractivity contribution is 6.23. The number of hydrogen-bond acceptors (Lipinski definition) is 4. The van der Waals surface area contributed by atoms with Crippen molar-refractivity contribution in [1.82, 2.24) is 5.01 Å². The third-order valence-corrected chi connectivity index (χ3v) is 1.60. The van der Waals surface area contributed by atoms with Crippen LogP contribution in [0.15, 0.2) is 4.99 Å². The van der Waals surface area contributed by atoms with Crippen LogP contribution in [-0.4, -0.2) is 27.4 Å². The topological polar surface area (TPSA) is 102 Å². The van der Waals surface area contributed by atoms with E-state index < -0.39 is 22.4 Å². The first-order valence-corrected chi connectivity index (χ1v) is 3.40. The minimum Gasteiger partial charge on any atom is -0.365 e. The van der Waals surface area contributed by atoms with E-state index in [1.807, 2.05) is 0 Å². The van der Waals surface area contributed by atoms with Crippen LogP contribution in [0.3, 0.4) is 0 Å². The number of nitrogens with two attached hydrogens (primary N) is 1. The van der Waals surface area contributed by atoms with Crippen LogP contribution in [0.25, 0.3) is 0 Å². The fraction of sp³-hybridized carbons (Fsp3) is 0.500. The van der Waals surface area contributed by atoms with Crippen LogP contribution in [0.5, 0.6) is 0 Å². The van der Waals surface area contributed by atoms with Crippen molar-refractivity contribution < 1.29 is 9.83 Å². The van der Waals surface area contributed by atoms with Gasteiger partial charge in [-0.25, -0.2) is 10.1 Å². The van der Waals surface area contributed by atoms with Crippen molar-refractivity contribution in [3.8, 4) is 0 Å². The van der Waals surface area contributed by atoms with E-state index in [0.717, 1.165) is 0 Å². The number of nitrogens with zero attached hydrogens (tertiary/aromatic N) is 3. The second-order valence-electron chi connectivity index (χ2n) is 2.08. The van der Waals surface area contributed by atoms with Gasteiger partial charge in [0.2, 0.25) is 0 Å². The van der Waals surface area contributed by atoms with Crippen molar-refractivity contribution in [3.63, 3.8) is 0 Å². The lowest BCUT2D eigenvalue weighted by Crippen LogP contribution is -2.49. The number of guanidine groups is 1. The van der Waals surface area contributed by atoms with Crippen molar-refractivity contribution in [2.45, 2.75) is 11.9 Å². The molecule has 66 valence electrons. The zero-order chi connectivity index (χ0) is 9.30. The molecule has 12 heavy (non-hydrogen) atoms. The minimum absolute atomic E-state index is 0.205. The van der Waals surface area contributed by atoms with E-state index in [-0.39, 0.29) is 6.42 Å². The zero-order valence-electron chi connectivity index (χ0n) is 5.81. The summed E-state index contributed by atoms with van der Waals surface area (Å²) >= 11 is 5.47. The Hall–Kier alpha value is -1.37. The van der Waals surface area contributed by atoms with Gasteiger partial charge in [0.1, 0.15) is 0 Å². The van der Waals surface area contributed by atoms with Gasteiger partial charge in [0, 0.05) is 0 Å². The maximum absolute atomic E-state index is 10.7. The Balaban J connectivity index is 2.93. The lowest BCUT2D eigenvalue weighted by molar-refractivity contribution is -0.633. The number of hydrogen-bond donors (Lipinski definition) is 1. The Labute approximate surface area is 71.9 Å². The molecule has 0 bridgehead atoms. The molecule has 0 saturated heterocycles. The monoisotopic (exact) mass is 192 g/mol. The summed E-state index contributed by atoms with van der Waals surface area (Å²) in [6, 6.07) is 0. The third-order valence-electron chi connectivity index (χ3n) is 1.26. The minimum atomic E-state index is -1.05. The summed E-state index contributed by atoms with van der Waals surface area (Å²) in [5, 5.41) is 9.90. The Kier molecular flexibility index (Phi) is 2.13. The molecule has 1 aliphatic heterocycles. The fourth-order valence-corrected chi connectivity index (χ4v) is 1.09. The second-order valence-corrected chi connectivity index (χ2v) is 2.59. The molecule has 0 saturated carbocycles. The highest BCUT2D eigenvalue weighted by Gasteiger charge is 2.35. The lowest BCUT2D eigenvalue weighted by Gasteiger charge is -2.20. The highest BCUT2D eigenvalue weighted by atomic mass is 35.5. The summed E-state index contributed by atoms with van der Waals surface area (Å²) in [7, 11) is 0. The van der Waals surface area contributed by atoms with E-state index in [9.17, 15) is 14.9 Å². The average Bonchev–Trinajstić information content (AvgIpc) is 1.82. The molecule has 1 aliphatic rings. The Morgan fingerprint density at radius 1 is 1.83 bits per heavy atom. The Morgan fingerprint density at radius 3 is 2.83 bits per heavy atom. The Morgan fingerprint density at radius 2 is 2.42 bits per heavy atom. The summed E-state index contributed by atoms with van der Waals surface area (Å²) in [6.45, 7) is 0. The van der Waals surface area contributed by atoms with E-state index in [1.165, 1.54) is 0 Å². The molecule has 1 rings (SSSR count). The number of carbonyl (C=O) groups is 1. The van der Waals surface area contributed by atoms with Gasteiger partial charge in [0.05, 0.1) is 6.42 Å². The van der Waals surface area contributed by atoms with Crippen molar-refractivity contribution in [3.05, 3.63) is 10.1 Å². The molecular formula is C4H5ClN4O3. The number of carbonyl (C=O) groups excluding carboxylic acids is 1. The average molecular weight is 193 g/mol. The molecule has 0 aromatic heterocycles. The van der Waals surface area contributed by atoms with Gasteiger partial charge in [-0.2, -0.15) is 4.99 Å². The largest absolute Gasteiger partial charge is 0.365 e. The summed E-state index contributed by atoms with van der Waals surface area (Å²) in [5.41, 5.74) is 4.04. The van der Waals surface area contributed by atoms with Crippen LogP contribution in [-0.2, 0) is 4.79 Å². The normalized spacial score (nSPS) is 23.8. The van der Waals surface area contributed by atoms with Crippen LogP contribution in [0, 0.1) is 10.1 Å². The summed E-state index contributed by atoms with van der Waals surface area (Å²) < 4.78 is 0. The number of hydrazine groups is 1. The van der Waals surface area contributed by atoms with E-state index in [1.54, 1.807) is 0 Å². The van der Waals surface area contributed by atoms with Gasteiger partial charge < -0.3 is 5.73 Å². The summed E-state index contributed by atoms with van der Waals surface area (Å²) in [6.07, 6.45) is -0.205. The first-order chi connectivity index (χ1) is 5.52. The number of alkyl halides is 1. The molecule has 8 heteroatoms. The van der Waals surface area contributed by atoms with E-state index in [2.05, 4.69) is 4.99 Å². The molecule has 0 spiro atoms. The van der Waals surface area contributed by atoms with Crippen LogP contribution < -0.4 is 5.73 Å². The second kappa shape index (κ2) is 2.94. The lowest BCUT2D eigenvalue weighted by atomic mass is 10.3. The van der Waals surface area contributed by atoms with Crippen LogP contribution >= 0.6 is 11.6 Å². The molecular weight excluding hydrogens is 188 g/mol. The van der Waals surface area contributed by atoms with Crippen LogP contribution in [0.1, 0.15) is 6.42 Å². The number of amides is 1. The standard InChI is InChI=1S/C4H5ClN4O3/c5-2-1-3(10)7-4(6)8(2)9(11)12/h2H,1H2,(H2,6,7,10). The van der Waals surface area contributed by atoms with Crippen molar-refractivity contribution in [2.75, 3.05) is 0 Å². The molecule has 1 heterocycles. The first kappa shape index (κ1) is 8.72. The highest BCUT2D eigenvalue weighted by Crippen LogP contribution is 2.14. The molecule has 7 nitrogen and oxygen atoms in total. The van der Waals surface area contributed by atoms with E-state index >= 15 is 0 Å². The van der Waals surface area contributed by atoms with Crippen LogP contribution in [0.4, 0.5) is 0 Å². The zero-order valence-corrected chi connectivity index (χ0v) is 6.56. The number of nitro groups is 1.